The maximum Gasteiger partial charge on any atom is 0.162 e. The van der Waals surface area contributed by atoms with Crippen LogP contribution in [0, 0.1) is 19.3 Å². The molecule has 1 aromatic heterocycles. The molecule has 0 amide bonds. The summed E-state index contributed by atoms with van der Waals surface area (Å²) in [5.74, 6) is 0.808. The van der Waals surface area contributed by atoms with E-state index in [1.165, 1.54) is 0 Å². The van der Waals surface area contributed by atoms with Crippen molar-refractivity contribution in [3.63, 3.8) is 0 Å². The van der Waals surface area contributed by atoms with Crippen LogP contribution in [0.15, 0.2) is 0 Å². The van der Waals surface area contributed by atoms with E-state index in [1.807, 2.05) is 13.8 Å². The minimum atomic E-state index is 0.0646. The van der Waals surface area contributed by atoms with Gasteiger partial charge in [-0.1, -0.05) is 0 Å². The SMILES string of the molecule is Cc1nnc(N2CC(C)N(C)C(C)C2)c(C(=N)N)c1C. The second-order valence-corrected chi connectivity index (χ2v) is 5.79. The summed E-state index contributed by atoms with van der Waals surface area (Å²) >= 11 is 0. The maximum absolute atomic E-state index is 7.85. The zero-order valence-corrected chi connectivity index (χ0v) is 12.9. The van der Waals surface area contributed by atoms with Gasteiger partial charge < -0.3 is 10.6 Å². The smallest absolute Gasteiger partial charge is 0.162 e. The summed E-state index contributed by atoms with van der Waals surface area (Å²) in [4.78, 5) is 4.56. The van der Waals surface area contributed by atoms with Gasteiger partial charge in [0.1, 0.15) is 5.84 Å². The third-order valence-electron chi connectivity index (χ3n) is 4.36. The lowest BCUT2D eigenvalue weighted by Gasteiger charge is -2.43. The number of aromatic nitrogens is 2. The number of piperazine rings is 1. The van der Waals surface area contributed by atoms with Gasteiger partial charge in [0.05, 0.1) is 11.3 Å². The van der Waals surface area contributed by atoms with Crippen molar-refractivity contribution in [3.05, 3.63) is 16.8 Å². The first kappa shape index (κ1) is 14.7. The number of hydrogen-bond donors (Lipinski definition) is 2. The average Bonchev–Trinajstić information content (AvgIpc) is 2.37. The Morgan fingerprint density at radius 2 is 1.75 bits per heavy atom. The molecule has 110 valence electrons. The molecule has 0 radical (unpaired) electrons. The molecular weight excluding hydrogens is 252 g/mol. The number of hydrogen-bond acceptors (Lipinski definition) is 5. The van der Waals surface area contributed by atoms with E-state index in [4.69, 9.17) is 11.1 Å². The highest BCUT2D eigenvalue weighted by Crippen LogP contribution is 2.25. The minimum Gasteiger partial charge on any atom is -0.384 e. The Morgan fingerprint density at radius 3 is 2.25 bits per heavy atom. The number of amidine groups is 1. The van der Waals surface area contributed by atoms with Crippen LogP contribution < -0.4 is 10.6 Å². The number of nitrogen functional groups attached to an aromatic ring is 1. The summed E-state index contributed by atoms with van der Waals surface area (Å²) in [5.41, 5.74) is 8.26. The van der Waals surface area contributed by atoms with Crippen LogP contribution in [0.3, 0.4) is 0 Å². The van der Waals surface area contributed by atoms with Crippen LogP contribution in [0.4, 0.5) is 5.82 Å². The van der Waals surface area contributed by atoms with Gasteiger partial charge in [-0.2, -0.15) is 5.10 Å². The van der Waals surface area contributed by atoms with E-state index in [0.717, 1.165) is 35.7 Å². The molecule has 6 heteroatoms. The predicted octanol–water partition coefficient (Wildman–Crippen LogP) is 0.906. The summed E-state index contributed by atoms with van der Waals surface area (Å²) < 4.78 is 0. The molecule has 1 aliphatic heterocycles. The zero-order chi connectivity index (χ0) is 15.0. The number of likely N-dealkylation sites (N-methyl/N-ethyl adjacent to an activating group) is 1. The molecule has 0 saturated carbocycles. The largest absolute Gasteiger partial charge is 0.384 e. The van der Waals surface area contributed by atoms with Crippen molar-refractivity contribution in [1.29, 1.82) is 5.41 Å². The molecule has 1 saturated heterocycles. The molecule has 0 aliphatic carbocycles. The first-order chi connectivity index (χ1) is 9.32. The second kappa shape index (κ2) is 5.36. The van der Waals surface area contributed by atoms with Crippen molar-refractivity contribution >= 4 is 11.7 Å². The molecule has 1 aromatic rings. The monoisotopic (exact) mass is 276 g/mol. The molecule has 3 N–H and O–H groups in total. The Balaban J connectivity index is 2.43. The number of anilines is 1. The molecule has 2 atom stereocenters. The van der Waals surface area contributed by atoms with Crippen LogP contribution in [0.2, 0.25) is 0 Å². The van der Waals surface area contributed by atoms with Crippen LogP contribution in [-0.4, -0.2) is 53.2 Å². The van der Waals surface area contributed by atoms with Crippen LogP contribution in [0.5, 0.6) is 0 Å². The standard InChI is InChI=1S/C14H24N6/c1-8-6-20(7-9(2)19(8)5)14-12(13(15)16)10(3)11(4)17-18-14/h8-9H,6-7H2,1-5H3,(H3,15,16). The van der Waals surface area contributed by atoms with Crippen molar-refractivity contribution in [2.75, 3.05) is 25.0 Å². The summed E-state index contributed by atoms with van der Waals surface area (Å²) in [6.45, 7) is 9.99. The van der Waals surface area contributed by atoms with E-state index in [9.17, 15) is 0 Å². The van der Waals surface area contributed by atoms with E-state index in [2.05, 4.69) is 40.9 Å². The lowest BCUT2D eigenvalue weighted by Crippen LogP contribution is -2.55. The van der Waals surface area contributed by atoms with E-state index >= 15 is 0 Å². The highest BCUT2D eigenvalue weighted by atomic mass is 15.3. The third-order valence-corrected chi connectivity index (χ3v) is 4.36. The Bertz CT molecular complexity index is 515. The van der Waals surface area contributed by atoms with Gasteiger partial charge >= 0.3 is 0 Å². The highest BCUT2D eigenvalue weighted by Gasteiger charge is 2.29. The lowest BCUT2D eigenvalue weighted by atomic mass is 10.0. The molecule has 0 spiro atoms. The van der Waals surface area contributed by atoms with Crippen molar-refractivity contribution in [2.45, 2.75) is 39.8 Å². The number of aryl methyl sites for hydroxylation is 1. The van der Waals surface area contributed by atoms with Crippen LogP contribution in [0.25, 0.3) is 0 Å². The van der Waals surface area contributed by atoms with Gasteiger partial charge in [0.15, 0.2) is 5.82 Å². The molecule has 0 aromatic carbocycles. The summed E-state index contributed by atoms with van der Waals surface area (Å²) in [5, 5.41) is 16.4. The average molecular weight is 276 g/mol. The number of nitrogens with two attached hydrogens (primary N) is 1. The van der Waals surface area contributed by atoms with Crippen molar-refractivity contribution in [3.8, 4) is 0 Å². The molecule has 1 fully saturated rings. The fraction of sp³-hybridized carbons (Fsp3) is 0.643. The predicted molar refractivity (Wildman–Crippen MR) is 81.4 cm³/mol. The molecule has 1 aliphatic rings. The van der Waals surface area contributed by atoms with Crippen LogP contribution in [0.1, 0.15) is 30.7 Å². The molecular formula is C14H24N6. The second-order valence-electron chi connectivity index (χ2n) is 5.79. The van der Waals surface area contributed by atoms with Gasteiger partial charge in [-0.15, -0.1) is 5.10 Å². The maximum atomic E-state index is 7.85. The summed E-state index contributed by atoms with van der Waals surface area (Å²) in [6, 6.07) is 0.865. The Morgan fingerprint density at radius 1 is 1.20 bits per heavy atom. The van der Waals surface area contributed by atoms with E-state index < -0.39 is 0 Å². The fourth-order valence-corrected chi connectivity index (χ4v) is 2.72. The van der Waals surface area contributed by atoms with Crippen LogP contribution >= 0.6 is 0 Å². The molecule has 2 rings (SSSR count). The van der Waals surface area contributed by atoms with Crippen LogP contribution in [-0.2, 0) is 0 Å². The first-order valence-corrected chi connectivity index (χ1v) is 6.98. The van der Waals surface area contributed by atoms with E-state index in [0.29, 0.717) is 12.1 Å². The highest BCUT2D eigenvalue weighted by molar-refractivity contribution is 6.01. The molecule has 20 heavy (non-hydrogen) atoms. The van der Waals surface area contributed by atoms with E-state index in [-0.39, 0.29) is 5.84 Å². The van der Waals surface area contributed by atoms with Crippen molar-refractivity contribution in [2.24, 2.45) is 5.73 Å². The molecule has 0 bridgehead atoms. The van der Waals surface area contributed by atoms with E-state index in [1.54, 1.807) is 0 Å². The number of nitrogens with zero attached hydrogens (tertiary/aromatic N) is 4. The number of rotatable bonds is 2. The topological polar surface area (TPSA) is 82.1 Å². The molecule has 2 heterocycles. The van der Waals surface area contributed by atoms with Gasteiger partial charge in [0, 0.05) is 25.2 Å². The normalized spacial score (nSPS) is 23.9. The van der Waals surface area contributed by atoms with Crippen molar-refractivity contribution < 1.29 is 0 Å². The molecule has 6 nitrogen and oxygen atoms in total. The van der Waals surface area contributed by atoms with Gasteiger partial charge in [-0.25, -0.2) is 0 Å². The van der Waals surface area contributed by atoms with Gasteiger partial charge in [-0.05, 0) is 40.3 Å². The van der Waals surface area contributed by atoms with Gasteiger partial charge in [0.25, 0.3) is 0 Å². The Labute approximate surface area is 120 Å². The quantitative estimate of drug-likeness (QED) is 0.619. The Hall–Kier alpha value is -1.69. The summed E-state index contributed by atoms with van der Waals surface area (Å²) in [6.07, 6.45) is 0. The van der Waals surface area contributed by atoms with Crippen molar-refractivity contribution in [1.82, 2.24) is 15.1 Å². The molecule has 2 unspecified atom stereocenters. The lowest BCUT2D eigenvalue weighted by molar-refractivity contribution is 0.169. The Kier molecular flexibility index (Phi) is 3.94. The van der Waals surface area contributed by atoms with Gasteiger partial charge in [0.2, 0.25) is 0 Å². The first-order valence-electron chi connectivity index (χ1n) is 6.98. The van der Waals surface area contributed by atoms with Gasteiger partial charge in [-0.3, -0.25) is 10.3 Å². The minimum absolute atomic E-state index is 0.0646. The number of nitrogens with one attached hydrogen (secondary N) is 1. The third kappa shape index (κ3) is 2.47. The fourth-order valence-electron chi connectivity index (χ4n) is 2.72. The summed E-state index contributed by atoms with van der Waals surface area (Å²) in [7, 11) is 2.14. The zero-order valence-electron chi connectivity index (χ0n) is 12.9.